The summed E-state index contributed by atoms with van der Waals surface area (Å²) in [7, 11) is 0. The number of nitrogens with one attached hydrogen (secondary N) is 1. The molecule has 1 atom stereocenters. The highest BCUT2D eigenvalue weighted by Gasteiger charge is 2.17. The normalized spacial score (nSPS) is 15.2. The Bertz CT molecular complexity index is 675. The Kier molecular flexibility index (Phi) is 4.98. The second kappa shape index (κ2) is 7.15. The van der Waals surface area contributed by atoms with E-state index in [1.807, 2.05) is 12.1 Å². The number of fused-ring (bicyclic) bond motifs is 1. The van der Waals surface area contributed by atoms with E-state index >= 15 is 0 Å². The molecule has 3 rings (SSSR count). The lowest BCUT2D eigenvalue weighted by Crippen LogP contribution is -2.24. The van der Waals surface area contributed by atoms with Crippen molar-refractivity contribution in [2.75, 3.05) is 0 Å². The van der Waals surface area contributed by atoms with E-state index in [-0.39, 0.29) is 12.5 Å². The molecule has 2 heterocycles. The standard InChI is InChI=1S/C17H20ClN3O2/c18-13-5-3-4-12(8-13)16(10-17(22)23)19-11-14-9-15-6-1-2-7-21(15)20-14/h3-5,8-9,16,19H,1-2,6-7,10-11H2,(H,22,23)/t16-/m1/s1. The number of halogens is 1. The van der Waals surface area contributed by atoms with Gasteiger partial charge in [0.2, 0.25) is 0 Å². The van der Waals surface area contributed by atoms with Gasteiger partial charge in [0, 0.05) is 29.8 Å². The zero-order chi connectivity index (χ0) is 16.2. The Hall–Kier alpha value is -1.85. The molecule has 1 aromatic carbocycles. The summed E-state index contributed by atoms with van der Waals surface area (Å²) < 4.78 is 2.06. The number of aryl methyl sites for hydroxylation is 2. The number of hydrogen-bond donors (Lipinski definition) is 2. The summed E-state index contributed by atoms with van der Waals surface area (Å²) in [6.45, 7) is 1.52. The number of benzene rings is 1. The van der Waals surface area contributed by atoms with Crippen molar-refractivity contribution in [2.24, 2.45) is 0 Å². The molecule has 1 aromatic heterocycles. The first-order valence-electron chi connectivity index (χ1n) is 7.88. The lowest BCUT2D eigenvalue weighted by Gasteiger charge is -2.17. The quantitative estimate of drug-likeness (QED) is 0.852. The number of aliphatic carboxylic acids is 1. The van der Waals surface area contributed by atoms with Crippen LogP contribution in [0.3, 0.4) is 0 Å². The Balaban J connectivity index is 1.71. The molecule has 2 N–H and O–H groups in total. The zero-order valence-electron chi connectivity index (χ0n) is 12.8. The second-order valence-corrected chi connectivity index (χ2v) is 6.33. The average molecular weight is 334 g/mol. The smallest absolute Gasteiger partial charge is 0.305 e. The first kappa shape index (κ1) is 16.0. The van der Waals surface area contributed by atoms with Gasteiger partial charge >= 0.3 is 5.97 Å². The molecule has 2 aromatic rings. The minimum absolute atomic E-state index is 0.00785. The van der Waals surface area contributed by atoms with Gasteiger partial charge in [0.25, 0.3) is 0 Å². The van der Waals surface area contributed by atoms with E-state index < -0.39 is 5.97 Å². The number of carbonyl (C=O) groups is 1. The molecule has 6 heteroatoms. The van der Waals surface area contributed by atoms with Crippen molar-refractivity contribution in [2.45, 2.75) is 44.8 Å². The van der Waals surface area contributed by atoms with Crippen LogP contribution in [-0.2, 0) is 24.3 Å². The van der Waals surface area contributed by atoms with Crippen LogP contribution in [0.2, 0.25) is 5.02 Å². The molecule has 0 bridgehead atoms. The van der Waals surface area contributed by atoms with E-state index in [4.69, 9.17) is 16.7 Å². The molecule has 0 aliphatic carbocycles. The first-order valence-corrected chi connectivity index (χ1v) is 8.26. The van der Waals surface area contributed by atoms with Crippen LogP contribution >= 0.6 is 11.6 Å². The molecule has 0 fully saturated rings. The van der Waals surface area contributed by atoms with Gasteiger partial charge in [-0.15, -0.1) is 0 Å². The van der Waals surface area contributed by atoms with Crippen LogP contribution in [0, 0.1) is 0 Å². The van der Waals surface area contributed by atoms with Gasteiger partial charge in [-0.25, -0.2) is 0 Å². The largest absolute Gasteiger partial charge is 0.481 e. The van der Waals surface area contributed by atoms with E-state index in [2.05, 4.69) is 21.2 Å². The molecule has 0 radical (unpaired) electrons. The van der Waals surface area contributed by atoms with Crippen LogP contribution in [0.4, 0.5) is 0 Å². The topological polar surface area (TPSA) is 67.2 Å². The van der Waals surface area contributed by atoms with Gasteiger partial charge in [-0.05, 0) is 43.0 Å². The molecular weight excluding hydrogens is 314 g/mol. The number of hydrogen-bond acceptors (Lipinski definition) is 3. The Morgan fingerprint density at radius 2 is 2.26 bits per heavy atom. The molecule has 122 valence electrons. The summed E-state index contributed by atoms with van der Waals surface area (Å²) in [4.78, 5) is 11.1. The number of carboxylic acids is 1. The number of nitrogens with zero attached hydrogens (tertiary/aromatic N) is 2. The maximum Gasteiger partial charge on any atom is 0.305 e. The summed E-state index contributed by atoms with van der Waals surface area (Å²) in [5.74, 6) is -0.841. The monoisotopic (exact) mass is 333 g/mol. The van der Waals surface area contributed by atoms with Crippen molar-refractivity contribution >= 4 is 17.6 Å². The van der Waals surface area contributed by atoms with Crippen molar-refractivity contribution in [3.63, 3.8) is 0 Å². The van der Waals surface area contributed by atoms with Crippen LogP contribution in [0.15, 0.2) is 30.3 Å². The predicted octanol–water partition coefficient (Wildman–Crippen LogP) is 3.18. The van der Waals surface area contributed by atoms with Crippen LogP contribution in [0.1, 0.15) is 42.3 Å². The van der Waals surface area contributed by atoms with Crippen molar-refractivity contribution < 1.29 is 9.90 Å². The maximum atomic E-state index is 11.1. The molecule has 0 amide bonds. The van der Waals surface area contributed by atoms with E-state index in [0.717, 1.165) is 24.2 Å². The van der Waals surface area contributed by atoms with Gasteiger partial charge in [0.15, 0.2) is 0 Å². The number of rotatable bonds is 6. The van der Waals surface area contributed by atoms with Gasteiger partial charge in [-0.2, -0.15) is 5.10 Å². The fourth-order valence-electron chi connectivity index (χ4n) is 3.00. The Labute approximate surface area is 140 Å². The van der Waals surface area contributed by atoms with Crippen molar-refractivity contribution in [3.05, 3.63) is 52.3 Å². The molecule has 1 aliphatic heterocycles. The third-order valence-electron chi connectivity index (χ3n) is 4.13. The van der Waals surface area contributed by atoms with E-state index in [1.165, 1.54) is 18.5 Å². The Morgan fingerprint density at radius 3 is 3.00 bits per heavy atom. The van der Waals surface area contributed by atoms with Gasteiger partial charge in [0.05, 0.1) is 12.1 Å². The van der Waals surface area contributed by atoms with Crippen LogP contribution in [0.25, 0.3) is 0 Å². The van der Waals surface area contributed by atoms with Crippen molar-refractivity contribution in [1.29, 1.82) is 0 Å². The highest BCUT2D eigenvalue weighted by atomic mass is 35.5. The molecule has 1 aliphatic rings. The lowest BCUT2D eigenvalue weighted by atomic mass is 10.0. The zero-order valence-corrected chi connectivity index (χ0v) is 13.6. The molecule has 0 unspecified atom stereocenters. The van der Waals surface area contributed by atoms with Crippen LogP contribution in [0.5, 0.6) is 0 Å². The third kappa shape index (κ3) is 4.12. The van der Waals surface area contributed by atoms with E-state index in [0.29, 0.717) is 11.6 Å². The SMILES string of the molecule is O=C(O)C[C@@H](NCc1cc2n(n1)CCCC2)c1cccc(Cl)c1. The third-order valence-corrected chi connectivity index (χ3v) is 4.36. The van der Waals surface area contributed by atoms with Crippen molar-refractivity contribution in [1.82, 2.24) is 15.1 Å². The molecular formula is C17H20ClN3O2. The fraction of sp³-hybridized carbons (Fsp3) is 0.412. The molecule has 23 heavy (non-hydrogen) atoms. The van der Waals surface area contributed by atoms with Crippen molar-refractivity contribution in [3.8, 4) is 0 Å². The summed E-state index contributed by atoms with van der Waals surface area (Å²) in [6.07, 6.45) is 3.46. The highest BCUT2D eigenvalue weighted by molar-refractivity contribution is 6.30. The maximum absolute atomic E-state index is 11.1. The number of aromatic nitrogens is 2. The van der Waals surface area contributed by atoms with Crippen LogP contribution < -0.4 is 5.32 Å². The lowest BCUT2D eigenvalue weighted by molar-refractivity contribution is -0.137. The molecule has 0 spiro atoms. The molecule has 0 saturated carbocycles. The number of carboxylic acid groups (broad SMARTS) is 1. The summed E-state index contributed by atoms with van der Waals surface area (Å²) >= 11 is 6.02. The molecule has 5 nitrogen and oxygen atoms in total. The fourth-order valence-corrected chi connectivity index (χ4v) is 3.20. The van der Waals surface area contributed by atoms with E-state index in [9.17, 15) is 4.79 Å². The van der Waals surface area contributed by atoms with Gasteiger partial charge < -0.3 is 10.4 Å². The minimum atomic E-state index is -0.841. The van der Waals surface area contributed by atoms with Gasteiger partial charge in [-0.3, -0.25) is 9.48 Å². The summed E-state index contributed by atoms with van der Waals surface area (Å²) in [6, 6.07) is 9.15. The van der Waals surface area contributed by atoms with Gasteiger partial charge in [0.1, 0.15) is 0 Å². The van der Waals surface area contributed by atoms with E-state index in [1.54, 1.807) is 12.1 Å². The summed E-state index contributed by atoms with van der Waals surface area (Å²) in [5.41, 5.74) is 3.11. The second-order valence-electron chi connectivity index (χ2n) is 5.89. The van der Waals surface area contributed by atoms with Gasteiger partial charge in [-0.1, -0.05) is 23.7 Å². The predicted molar refractivity (Wildman–Crippen MR) is 88.5 cm³/mol. The first-order chi connectivity index (χ1) is 11.1. The average Bonchev–Trinajstić information content (AvgIpc) is 2.94. The molecule has 0 saturated heterocycles. The summed E-state index contributed by atoms with van der Waals surface area (Å²) in [5, 5.41) is 17.7. The Morgan fingerprint density at radius 1 is 1.39 bits per heavy atom. The van der Waals surface area contributed by atoms with Crippen LogP contribution in [-0.4, -0.2) is 20.9 Å². The minimum Gasteiger partial charge on any atom is -0.481 e. The highest BCUT2D eigenvalue weighted by Crippen LogP contribution is 2.22.